The molecule has 0 spiro atoms. The van der Waals surface area contributed by atoms with Crippen molar-refractivity contribution in [3.8, 4) is 17.2 Å². The number of nitrogens with one attached hydrogen (secondary N) is 2. The number of halogens is 1. The lowest BCUT2D eigenvalue weighted by molar-refractivity contribution is -0.132. The first kappa shape index (κ1) is 23.3. The number of hydrogen-bond donors (Lipinski definition) is 2. The molecular weight excluding hydrogens is 458 g/mol. The SMILES string of the molecule is COc1ccc(C2Nc3ccc(Cl)cc3C(=O)N2NC(=O)C(C)Oc2ccccc2)cc1OC. The highest BCUT2D eigenvalue weighted by atomic mass is 35.5. The van der Waals surface area contributed by atoms with Crippen molar-refractivity contribution in [2.24, 2.45) is 0 Å². The van der Waals surface area contributed by atoms with Gasteiger partial charge in [-0.1, -0.05) is 35.9 Å². The molecule has 1 heterocycles. The van der Waals surface area contributed by atoms with Gasteiger partial charge in [0, 0.05) is 16.3 Å². The third kappa shape index (κ3) is 4.72. The predicted molar refractivity (Wildman–Crippen MR) is 128 cm³/mol. The summed E-state index contributed by atoms with van der Waals surface area (Å²) in [6.45, 7) is 1.61. The van der Waals surface area contributed by atoms with Gasteiger partial charge in [0.15, 0.2) is 17.6 Å². The lowest BCUT2D eigenvalue weighted by Gasteiger charge is -2.38. The number of ether oxygens (including phenoxy) is 3. The van der Waals surface area contributed by atoms with Crippen LogP contribution in [0.5, 0.6) is 17.2 Å². The van der Waals surface area contributed by atoms with E-state index < -0.39 is 24.1 Å². The molecule has 176 valence electrons. The molecule has 2 amide bonds. The Morgan fingerprint density at radius 1 is 1.03 bits per heavy atom. The third-order valence-corrected chi connectivity index (χ3v) is 5.60. The third-order valence-electron chi connectivity index (χ3n) is 5.36. The van der Waals surface area contributed by atoms with Crippen LogP contribution in [0.2, 0.25) is 5.02 Å². The van der Waals surface area contributed by atoms with Crippen LogP contribution in [0, 0.1) is 0 Å². The predicted octanol–water partition coefficient (Wildman–Crippen LogP) is 4.42. The molecule has 0 aliphatic carbocycles. The summed E-state index contributed by atoms with van der Waals surface area (Å²) in [4.78, 5) is 26.5. The van der Waals surface area contributed by atoms with Crippen molar-refractivity contribution in [2.75, 3.05) is 19.5 Å². The fourth-order valence-electron chi connectivity index (χ4n) is 3.62. The highest BCUT2D eigenvalue weighted by Crippen LogP contribution is 2.37. The monoisotopic (exact) mass is 481 g/mol. The van der Waals surface area contributed by atoms with Crippen LogP contribution >= 0.6 is 11.6 Å². The Balaban J connectivity index is 1.66. The molecule has 3 aromatic carbocycles. The fourth-order valence-corrected chi connectivity index (χ4v) is 3.79. The van der Waals surface area contributed by atoms with Crippen LogP contribution in [-0.4, -0.2) is 37.1 Å². The van der Waals surface area contributed by atoms with Gasteiger partial charge in [-0.05, 0) is 49.4 Å². The Bertz CT molecular complexity index is 1200. The first-order valence-corrected chi connectivity index (χ1v) is 10.9. The summed E-state index contributed by atoms with van der Waals surface area (Å²) in [6.07, 6.45) is -1.59. The number of hydrazine groups is 1. The van der Waals surface area contributed by atoms with Crippen LogP contribution in [0.4, 0.5) is 5.69 Å². The van der Waals surface area contributed by atoms with Crippen molar-refractivity contribution < 1.29 is 23.8 Å². The van der Waals surface area contributed by atoms with Crippen molar-refractivity contribution in [1.29, 1.82) is 0 Å². The van der Waals surface area contributed by atoms with E-state index in [1.165, 1.54) is 12.1 Å². The number of amides is 2. The molecule has 0 aromatic heterocycles. The van der Waals surface area contributed by atoms with E-state index in [9.17, 15) is 9.59 Å². The van der Waals surface area contributed by atoms with Gasteiger partial charge < -0.3 is 19.5 Å². The average Bonchev–Trinajstić information content (AvgIpc) is 2.86. The van der Waals surface area contributed by atoms with E-state index in [1.54, 1.807) is 62.6 Å². The molecular formula is C25H24ClN3O5. The fraction of sp³-hybridized carbons (Fsp3) is 0.200. The Kier molecular flexibility index (Phi) is 6.79. The van der Waals surface area contributed by atoms with Gasteiger partial charge >= 0.3 is 0 Å². The van der Waals surface area contributed by atoms with Gasteiger partial charge in [0.25, 0.3) is 11.8 Å². The summed E-state index contributed by atoms with van der Waals surface area (Å²) in [7, 11) is 3.07. The van der Waals surface area contributed by atoms with Crippen LogP contribution in [-0.2, 0) is 4.79 Å². The van der Waals surface area contributed by atoms with Gasteiger partial charge in [-0.25, -0.2) is 5.01 Å². The lowest BCUT2D eigenvalue weighted by atomic mass is 10.0. The molecule has 8 nitrogen and oxygen atoms in total. The molecule has 9 heteroatoms. The van der Waals surface area contributed by atoms with E-state index in [-0.39, 0.29) is 0 Å². The minimum Gasteiger partial charge on any atom is -0.493 e. The number of methoxy groups -OCH3 is 2. The molecule has 0 saturated carbocycles. The van der Waals surface area contributed by atoms with Crippen molar-refractivity contribution in [1.82, 2.24) is 10.4 Å². The number of benzene rings is 3. The highest BCUT2D eigenvalue weighted by molar-refractivity contribution is 6.31. The van der Waals surface area contributed by atoms with E-state index >= 15 is 0 Å². The van der Waals surface area contributed by atoms with Crippen molar-refractivity contribution in [3.63, 3.8) is 0 Å². The number of fused-ring (bicyclic) bond motifs is 1. The second kappa shape index (κ2) is 9.93. The number of anilines is 1. The summed E-state index contributed by atoms with van der Waals surface area (Å²) in [5, 5.41) is 4.94. The molecule has 0 fully saturated rings. The van der Waals surface area contributed by atoms with Crippen molar-refractivity contribution in [3.05, 3.63) is 82.9 Å². The summed E-state index contributed by atoms with van der Waals surface area (Å²) in [5.41, 5.74) is 4.30. The molecule has 1 aliphatic rings. The lowest BCUT2D eigenvalue weighted by Crippen LogP contribution is -2.55. The van der Waals surface area contributed by atoms with Gasteiger partial charge in [-0.3, -0.25) is 15.0 Å². The Labute approximate surface area is 202 Å². The Hall–Kier alpha value is -3.91. The van der Waals surface area contributed by atoms with Gasteiger partial charge in [0.1, 0.15) is 11.9 Å². The summed E-state index contributed by atoms with van der Waals surface area (Å²) >= 11 is 6.13. The van der Waals surface area contributed by atoms with E-state index in [4.69, 9.17) is 25.8 Å². The molecule has 1 aliphatic heterocycles. The molecule has 0 bridgehead atoms. The topological polar surface area (TPSA) is 89.1 Å². The van der Waals surface area contributed by atoms with Gasteiger partial charge in [-0.2, -0.15) is 0 Å². The highest BCUT2D eigenvalue weighted by Gasteiger charge is 2.36. The Morgan fingerprint density at radius 3 is 2.47 bits per heavy atom. The number of carbonyl (C=O) groups excluding carboxylic acids is 2. The zero-order valence-electron chi connectivity index (χ0n) is 18.9. The maximum atomic E-state index is 13.5. The molecule has 2 N–H and O–H groups in total. The Morgan fingerprint density at radius 2 is 1.76 bits per heavy atom. The first-order chi connectivity index (χ1) is 16.4. The second-order valence-electron chi connectivity index (χ2n) is 7.58. The van der Waals surface area contributed by atoms with E-state index in [1.807, 2.05) is 18.2 Å². The minimum absolute atomic E-state index is 0.334. The summed E-state index contributed by atoms with van der Waals surface area (Å²) in [5.74, 6) is 0.664. The number of carbonyl (C=O) groups is 2. The summed E-state index contributed by atoms with van der Waals surface area (Å²) in [6, 6.07) is 19.2. The van der Waals surface area contributed by atoms with Crippen LogP contribution in [0.15, 0.2) is 66.7 Å². The second-order valence-corrected chi connectivity index (χ2v) is 8.01. The zero-order chi connectivity index (χ0) is 24.2. The maximum Gasteiger partial charge on any atom is 0.279 e. The van der Waals surface area contributed by atoms with Gasteiger partial charge in [0.2, 0.25) is 0 Å². The smallest absolute Gasteiger partial charge is 0.279 e. The minimum atomic E-state index is -0.859. The zero-order valence-corrected chi connectivity index (χ0v) is 19.6. The number of hydrogen-bond acceptors (Lipinski definition) is 6. The molecule has 3 aromatic rings. The number of rotatable bonds is 7. The van der Waals surface area contributed by atoms with Crippen LogP contribution < -0.4 is 25.0 Å². The largest absolute Gasteiger partial charge is 0.493 e. The van der Waals surface area contributed by atoms with Crippen LogP contribution in [0.25, 0.3) is 0 Å². The molecule has 4 rings (SSSR count). The maximum absolute atomic E-state index is 13.5. The quantitative estimate of drug-likeness (QED) is 0.519. The van der Waals surface area contributed by atoms with Crippen LogP contribution in [0.1, 0.15) is 29.0 Å². The molecule has 0 radical (unpaired) electrons. The van der Waals surface area contributed by atoms with Gasteiger partial charge in [0.05, 0.1) is 19.8 Å². The number of para-hydroxylation sites is 1. The normalized spacial score (nSPS) is 15.6. The summed E-state index contributed by atoms with van der Waals surface area (Å²) < 4.78 is 16.5. The van der Waals surface area contributed by atoms with Crippen LogP contribution in [0.3, 0.4) is 0 Å². The molecule has 34 heavy (non-hydrogen) atoms. The van der Waals surface area contributed by atoms with Crippen molar-refractivity contribution >= 4 is 29.1 Å². The number of nitrogens with zero attached hydrogens (tertiary/aromatic N) is 1. The average molecular weight is 482 g/mol. The standard InChI is InChI=1S/C25H24ClN3O5/c1-15(34-18-7-5-4-6-8-18)24(30)28-29-23(16-9-12-21(32-2)22(13-16)33-3)27-20-11-10-17(26)14-19(20)25(29)31/h4-15,23,27H,1-3H3,(H,28,30). The molecule has 0 saturated heterocycles. The van der Waals surface area contributed by atoms with Crippen molar-refractivity contribution in [2.45, 2.75) is 19.2 Å². The first-order valence-electron chi connectivity index (χ1n) is 10.5. The van der Waals surface area contributed by atoms with E-state index in [2.05, 4.69) is 10.7 Å². The molecule has 2 unspecified atom stereocenters. The molecule has 2 atom stereocenters. The van der Waals surface area contributed by atoms with E-state index in [0.29, 0.717) is 39.1 Å². The van der Waals surface area contributed by atoms with Gasteiger partial charge in [-0.15, -0.1) is 0 Å². The van der Waals surface area contributed by atoms with E-state index in [0.717, 1.165) is 0 Å².